The first-order valence-electron chi connectivity index (χ1n) is 7.36. The first-order valence-corrected chi connectivity index (χ1v) is 7.36. The van der Waals surface area contributed by atoms with Crippen LogP contribution in [0.15, 0.2) is 24.3 Å². The van der Waals surface area contributed by atoms with Crippen LogP contribution in [0, 0.1) is 0 Å². The van der Waals surface area contributed by atoms with E-state index in [9.17, 15) is 0 Å². The first-order chi connectivity index (χ1) is 8.85. The number of hydrogen-bond acceptors (Lipinski definition) is 2. The maximum Gasteiger partial charge on any atom is 0.0208 e. The molecule has 0 fully saturated rings. The van der Waals surface area contributed by atoms with E-state index in [1.165, 1.54) is 38.0 Å². The molecule has 0 amide bonds. The lowest BCUT2D eigenvalue weighted by atomic mass is 9.90. The maximum absolute atomic E-state index is 3.55. The Morgan fingerprint density at radius 1 is 1.17 bits per heavy atom. The van der Waals surface area contributed by atoms with E-state index in [-0.39, 0.29) is 0 Å². The molecule has 1 aliphatic rings. The van der Waals surface area contributed by atoms with Crippen LogP contribution < -0.4 is 5.32 Å². The Bertz CT molecular complexity index is 356. The minimum absolute atomic E-state index is 0.660. The molecule has 0 radical (unpaired) electrons. The molecule has 1 aromatic carbocycles. The molecule has 0 aliphatic carbocycles. The Balaban J connectivity index is 2.05. The van der Waals surface area contributed by atoms with Crippen molar-refractivity contribution in [2.75, 3.05) is 26.2 Å². The Morgan fingerprint density at radius 3 is 2.61 bits per heavy atom. The SMILES string of the molecule is CCCN(CCC)CC1CNCc2ccccc21. The normalized spacial score (nSPS) is 18.9. The number of nitrogens with zero attached hydrogens (tertiary/aromatic N) is 1. The maximum atomic E-state index is 3.55. The van der Waals surface area contributed by atoms with Crippen molar-refractivity contribution >= 4 is 0 Å². The molecule has 1 aromatic rings. The Morgan fingerprint density at radius 2 is 1.89 bits per heavy atom. The Labute approximate surface area is 111 Å². The molecule has 0 aromatic heterocycles. The summed E-state index contributed by atoms with van der Waals surface area (Å²) < 4.78 is 0. The highest BCUT2D eigenvalue weighted by molar-refractivity contribution is 5.32. The predicted octanol–water partition coefficient (Wildman–Crippen LogP) is 3.00. The molecule has 0 spiro atoms. The van der Waals surface area contributed by atoms with E-state index in [1.54, 1.807) is 5.56 Å². The fourth-order valence-corrected chi connectivity index (χ4v) is 2.99. The molecule has 2 heteroatoms. The van der Waals surface area contributed by atoms with Crippen molar-refractivity contribution in [2.24, 2.45) is 0 Å². The molecule has 18 heavy (non-hydrogen) atoms. The first kappa shape index (κ1) is 13.6. The summed E-state index contributed by atoms with van der Waals surface area (Å²) in [6.07, 6.45) is 2.50. The molecule has 0 saturated carbocycles. The zero-order chi connectivity index (χ0) is 12.8. The predicted molar refractivity (Wildman–Crippen MR) is 77.9 cm³/mol. The lowest BCUT2D eigenvalue weighted by Gasteiger charge is -2.31. The number of rotatable bonds is 6. The van der Waals surface area contributed by atoms with Gasteiger partial charge in [0.05, 0.1) is 0 Å². The molecular formula is C16H26N2. The minimum Gasteiger partial charge on any atom is -0.312 e. The van der Waals surface area contributed by atoms with Crippen LogP contribution in [0.2, 0.25) is 0 Å². The number of fused-ring (bicyclic) bond motifs is 1. The number of benzene rings is 1. The van der Waals surface area contributed by atoms with Gasteiger partial charge in [0.2, 0.25) is 0 Å². The number of nitrogens with one attached hydrogen (secondary N) is 1. The second-order valence-corrected chi connectivity index (χ2v) is 5.33. The third-order valence-electron chi connectivity index (χ3n) is 3.76. The van der Waals surface area contributed by atoms with Crippen LogP contribution in [0.1, 0.15) is 43.7 Å². The van der Waals surface area contributed by atoms with E-state index in [4.69, 9.17) is 0 Å². The highest BCUT2D eigenvalue weighted by Crippen LogP contribution is 2.24. The monoisotopic (exact) mass is 246 g/mol. The Kier molecular flexibility index (Phi) is 5.21. The van der Waals surface area contributed by atoms with Crippen molar-refractivity contribution in [3.63, 3.8) is 0 Å². The van der Waals surface area contributed by atoms with Gasteiger partial charge in [-0.1, -0.05) is 38.1 Å². The van der Waals surface area contributed by atoms with Gasteiger partial charge in [-0.05, 0) is 37.1 Å². The largest absolute Gasteiger partial charge is 0.312 e. The van der Waals surface area contributed by atoms with E-state index in [0.29, 0.717) is 5.92 Å². The van der Waals surface area contributed by atoms with Gasteiger partial charge < -0.3 is 10.2 Å². The molecule has 0 bridgehead atoms. The van der Waals surface area contributed by atoms with E-state index in [2.05, 4.69) is 48.3 Å². The molecule has 1 N–H and O–H groups in total. The molecule has 1 aliphatic heterocycles. The average molecular weight is 246 g/mol. The summed E-state index contributed by atoms with van der Waals surface area (Å²) in [5.74, 6) is 0.660. The summed E-state index contributed by atoms with van der Waals surface area (Å²) in [6, 6.07) is 8.91. The van der Waals surface area contributed by atoms with Gasteiger partial charge >= 0.3 is 0 Å². The van der Waals surface area contributed by atoms with Crippen molar-refractivity contribution in [3.05, 3.63) is 35.4 Å². The van der Waals surface area contributed by atoms with Crippen molar-refractivity contribution in [2.45, 2.75) is 39.2 Å². The van der Waals surface area contributed by atoms with Crippen molar-refractivity contribution in [1.29, 1.82) is 0 Å². The quantitative estimate of drug-likeness (QED) is 0.830. The van der Waals surface area contributed by atoms with Gasteiger partial charge in [-0.3, -0.25) is 0 Å². The summed E-state index contributed by atoms with van der Waals surface area (Å²) in [5.41, 5.74) is 3.05. The van der Waals surface area contributed by atoms with Crippen LogP contribution in [0.3, 0.4) is 0 Å². The van der Waals surface area contributed by atoms with Gasteiger partial charge in [0.15, 0.2) is 0 Å². The molecule has 1 unspecified atom stereocenters. The fourth-order valence-electron chi connectivity index (χ4n) is 2.99. The van der Waals surface area contributed by atoms with Crippen LogP contribution >= 0.6 is 0 Å². The highest BCUT2D eigenvalue weighted by atomic mass is 15.1. The summed E-state index contributed by atoms with van der Waals surface area (Å²) in [7, 11) is 0. The van der Waals surface area contributed by atoms with E-state index in [1.807, 2.05) is 0 Å². The molecular weight excluding hydrogens is 220 g/mol. The Hall–Kier alpha value is -0.860. The van der Waals surface area contributed by atoms with Gasteiger partial charge in [0, 0.05) is 25.6 Å². The van der Waals surface area contributed by atoms with Gasteiger partial charge in [0.25, 0.3) is 0 Å². The lowest BCUT2D eigenvalue weighted by molar-refractivity contribution is 0.251. The average Bonchev–Trinajstić information content (AvgIpc) is 2.40. The van der Waals surface area contributed by atoms with Crippen LogP contribution in [-0.2, 0) is 6.54 Å². The van der Waals surface area contributed by atoms with E-state index < -0.39 is 0 Å². The summed E-state index contributed by atoms with van der Waals surface area (Å²) in [5, 5.41) is 3.55. The molecule has 1 atom stereocenters. The van der Waals surface area contributed by atoms with Crippen LogP contribution in [0.4, 0.5) is 0 Å². The molecule has 0 saturated heterocycles. The van der Waals surface area contributed by atoms with Gasteiger partial charge in [0.1, 0.15) is 0 Å². The van der Waals surface area contributed by atoms with Crippen molar-refractivity contribution in [1.82, 2.24) is 10.2 Å². The van der Waals surface area contributed by atoms with Gasteiger partial charge in [-0.15, -0.1) is 0 Å². The van der Waals surface area contributed by atoms with Crippen molar-refractivity contribution < 1.29 is 0 Å². The molecule has 100 valence electrons. The standard InChI is InChI=1S/C16H26N2/c1-3-9-18(10-4-2)13-15-12-17-11-14-7-5-6-8-16(14)15/h5-8,15,17H,3-4,9-13H2,1-2H3. The smallest absolute Gasteiger partial charge is 0.0208 e. The summed E-state index contributed by atoms with van der Waals surface area (Å²) >= 11 is 0. The van der Waals surface area contributed by atoms with Gasteiger partial charge in [-0.25, -0.2) is 0 Å². The van der Waals surface area contributed by atoms with Crippen molar-refractivity contribution in [3.8, 4) is 0 Å². The van der Waals surface area contributed by atoms with Crippen LogP contribution in [0.5, 0.6) is 0 Å². The van der Waals surface area contributed by atoms with E-state index >= 15 is 0 Å². The topological polar surface area (TPSA) is 15.3 Å². The van der Waals surface area contributed by atoms with E-state index in [0.717, 1.165) is 13.1 Å². The zero-order valence-electron chi connectivity index (χ0n) is 11.8. The second-order valence-electron chi connectivity index (χ2n) is 5.33. The summed E-state index contributed by atoms with van der Waals surface area (Å²) in [4.78, 5) is 2.62. The third-order valence-corrected chi connectivity index (χ3v) is 3.76. The molecule has 2 rings (SSSR count). The fraction of sp³-hybridized carbons (Fsp3) is 0.625. The molecule has 1 heterocycles. The van der Waals surface area contributed by atoms with Crippen LogP contribution in [-0.4, -0.2) is 31.1 Å². The zero-order valence-corrected chi connectivity index (χ0v) is 11.8. The molecule has 2 nitrogen and oxygen atoms in total. The van der Waals surface area contributed by atoms with Gasteiger partial charge in [-0.2, -0.15) is 0 Å². The highest BCUT2D eigenvalue weighted by Gasteiger charge is 2.21. The lowest BCUT2D eigenvalue weighted by Crippen LogP contribution is -2.37. The van der Waals surface area contributed by atoms with Crippen LogP contribution in [0.25, 0.3) is 0 Å². The third kappa shape index (κ3) is 3.33. The number of hydrogen-bond donors (Lipinski definition) is 1. The summed E-state index contributed by atoms with van der Waals surface area (Å²) in [6.45, 7) is 10.4. The minimum atomic E-state index is 0.660. The second kappa shape index (κ2) is 6.91.